The molecule has 0 saturated carbocycles. The highest BCUT2D eigenvalue weighted by molar-refractivity contribution is 7.16. The minimum absolute atomic E-state index is 0.0491. The van der Waals surface area contributed by atoms with Crippen LogP contribution >= 0.6 is 22.9 Å². The van der Waals surface area contributed by atoms with Gasteiger partial charge in [0.05, 0.1) is 21.7 Å². The van der Waals surface area contributed by atoms with E-state index in [1.165, 1.54) is 23.6 Å². The summed E-state index contributed by atoms with van der Waals surface area (Å²) in [5.41, 5.74) is -0.157. The second-order valence-corrected chi connectivity index (χ2v) is 8.45. The molecule has 0 spiro atoms. The second-order valence-electron chi connectivity index (χ2n) is 7.06. The van der Waals surface area contributed by atoms with Crippen LogP contribution in [0.5, 0.6) is 0 Å². The van der Waals surface area contributed by atoms with Crippen molar-refractivity contribution < 1.29 is 18.0 Å². The zero-order valence-corrected chi connectivity index (χ0v) is 16.9. The molecular weight excluding hydrogens is 425 g/mol. The average Bonchev–Trinajstić information content (AvgIpc) is 3.17. The van der Waals surface area contributed by atoms with Crippen LogP contribution in [0.1, 0.15) is 40.3 Å². The molecule has 10 heteroatoms. The molecule has 1 aliphatic rings. The van der Waals surface area contributed by atoms with Gasteiger partial charge in [0.2, 0.25) is 5.28 Å². The number of hydrogen-bond acceptors (Lipinski definition) is 5. The van der Waals surface area contributed by atoms with Crippen LogP contribution in [-0.2, 0) is 18.3 Å². The Bertz CT molecular complexity index is 1110. The zero-order valence-electron chi connectivity index (χ0n) is 15.3. The number of amides is 1. The molecule has 0 atom stereocenters. The first-order valence-electron chi connectivity index (χ1n) is 8.54. The summed E-state index contributed by atoms with van der Waals surface area (Å²) in [4.78, 5) is 27.6. The van der Waals surface area contributed by atoms with Gasteiger partial charge in [-0.1, -0.05) is 0 Å². The van der Waals surface area contributed by atoms with Crippen LogP contribution in [0.2, 0.25) is 5.28 Å². The van der Waals surface area contributed by atoms with Gasteiger partial charge in [-0.2, -0.15) is 13.2 Å². The first kappa shape index (κ1) is 19.8. The third kappa shape index (κ3) is 3.49. The smallest absolute Gasteiger partial charge is 0.324 e. The van der Waals surface area contributed by atoms with Crippen LogP contribution in [0.4, 0.5) is 13.2 Å². The number of pyridine rings is 1. The number of nitrogens with zero attached hydrogens (tertiary/aromatic N) is 4. The molecule has 0 aromatic carbocycles. The van der Waals surface area contributed by atoms with E-state index in [0.717, 1.165) is 22.0 Å². The molecule has 0 saturated heterocycles. The van der Waals surface area contributed by atoms with Crippen LogP contribution in [0.25, 0.3) is 10.6 Å². The van der Waals surface area contributed by atoms with Gasteiger partial charge in [0.1, 0.15) is 5.69 Å². The van der Waals surface area contributed by atoms with Gasteiger partial charge in [-0.3, -0.25) is 9.78 Å². The number of hydrogen-bond donors (Lipinski definition) is 0. The largest absolute Gasteiger partial charge is 0.433 e. The molecule has 0 bridgehead atoms. The number of fused-ring (bicyclic) bond motifs is 1. The Morgan fingerprint density at radius 3 is 2.55 bits per heavy atom. The lowest BCUT2D eigenvalue weighted by atomic mass is 10.0. The van der Waals surface area contributed by atoms with Crippen LogP contribution in [-0.4, -0.2) is 25.8 Å². The Hall–Kier alpha value is -2.52. The highest BCUT2D eigenvalue weighted by Gasteiger charge is 2.45. The molecule has 4 heterocycles. The molecule has 5 nitrogen and oxygen atoms in total. The highest BCUT2D eigenvalue weighted by Crippen LogP contribution is 2.46. The Morgan fingerprint density at radius 2 is 1.90 bits per heavy atom. The molecule has 0 radical (unpaired) electrons. The predicted octanol–water partition coefficient (Wildman–Crippen LogP) is 5.16. The average molecular weight is 439 g/mol. The number of alkyl halides is 3. The third-order valence-corrected chi connectivity index (χ3v) is 6.42. The standard InChI is InChI=1S/C19H14ClF3N4OS/c1-18(2)15-11(8-13(29-15)12-4-6-25-17(20)26-12)16(28)27(18)9-10-3-5-24-14(7-10)19(21,22)23/h3-8H,9H2,1-2H3. The lowest BCUT2D eigenvalue weighted by Crippen LogP contribution is -2.38. The van der Waals surface area contributed by atoms with Crippen LogP contribution < -0.4 is 0 Å². The fourth-order valence-corrected chi connectivity index (χ4v) is 4.68. The lowest BCUT2D eigenvalue weighted by molar-refractivity contribution is -0.141. The van der Waals surface area contributed by atoms with E-state index < -0.39 is 17.4 Å². The number of carbonyl (C=O) groups excluding carboxylic acids is 1. The summed E-state index contributed by atoms with van der Waals surface area (Å²) >= 11 is 7.27. The molecule has 0 fully saturated rings. The summed E-state index contributed by atoms with van der Waals surface area (Å²) in [6.07, 6.45) is -1.89. The van der Waals surface area contributed by atoms with Gasteiger partial charge in [0.15, 0.2) is 0 Å². The number of carbonyl (C=O) groups is 1. The molecule has 0 unspecified atom stereocenters. The predicted molar refractivity (Wildman–Crippen MR) is 102 cm³/mol. The normalized spacial score (nSPS) is 15.7. The summed E-state index contributed by atoms with van der Waals surface area (Å²) in [7, 11) is 0. The Kier molecular flexibility index (Phi) is 4.62. The van der Waals surface area contributed by atoms with Crippen molar-refractivity contribution in [1.29, 1.82) is 0 Å². The Balaban J connectivity index is 1.66. The maximum Gasteiger partial charge on any atom is 0.433 e. The van der Waals surface area contributed by atoms with E-state index in [0.29, 0.717) is 16.8 Å². The van der Waals surface area contributed by atoms with Gasteiger partial charge >= 0.3 is 6.18 Å². The fourth-order valence-electron chi connectivity index (χ4n) is 3.30. The SMILES string of the molecule is CC1(C)c2sc(-c3ccnc(Cl)n3)cc2C(=O)N1Cc1ccnc(C(F)(F)F)c1. The molecule has 0 aliphatic carbocycles. The van der Waals surface area contributed by atoms with E-state index in [-0.39, 0.29) is 17.7 Å². The number of rotatable bonds is 3. The maximum atomic E-state index is 13.0. The van der Waals surface area contributed by atoms with Crippen molar-refractivity contribution in [2.45, 2.75) is 32.1 Å². The number of thiophene rings is 1. The second kappa shape index (κ2) is 6.77. The van der Waals surface area contributed by atoms with E-state index in [2.05, 4.69) is 15.0 Å². The lowest BCUT2D eigenvalue weighted by Gasteiger charge is -2.32. The van der Waals surface area contributed by atoms with Crippen LogP contribution in [0.15, 0.2) is 36.7 Å². The third-order valence-electron chi connectivity index (χ3n) is 4.77. The van der Waals surface area contributed by atoms with Crippen LogP contribution in [0, 0.1) is 0 Å². The van der Waals surface area contributed by atoms with E-state index in [4.69, 9.17) is 11.6 Å². The summed E-state index contributed by atoms with van der Waals surface area (Å²) < 4.78 is 38.8. The summed E-state index contributed by atoms with van der Waals surface area (Å²) in [6, 6.07) is 5.91. The van der Waals surface area contributed by atoms with Crippen molar-refractivity contribution in [3.8, 4) is 10.6 Å². The minimum atomic E-state index is -4.53. The molecule has 1 aliphatic heterocycles. The van der Waals surface area contributed by atoms with Crippen LogP contribution in [0.3, 0.4) is 0 Å². The van der Waals surface area contributed by atoms with Gasteiger partial charge in [-0.15, -0.1) is 11.3 Å². The quantitative estimate of drug-likeness (QED) is 0.530. The van der Waals surface area contributed by atoms with Crippen molar-refractivity contribution in [3.63, 3.8) is 0 Å². The van der Waals surface area contributed by atoms with E-state index in [1.54, 1.807) is 17.0 Å². The summed E-state index contributed by atoms with van der Waals surface area (Å²) in [6.45, 7) is 3.79. The van der Waals surface area contributed by atoms with Crippen molar-refractivity contribution in [2.24, 2.45) is 0 Å². The first-order valence-corrected chi connectivity index (χ1v) is 9.74. The van der Waals surface area contributed by atoms with Crippen molar-refractivity contribution in [3.05, 3.63) is 63.6 Å². The van der Waals surface area contributed by atoms with Crippen molar-refractivity contribution in [1.82, 2.24) is 19.9 Å². The van der Waals surface area contributed by atoms with E-state index in [1.807, 2.05) is 13.8 Å². The number of halogens is 4. The molecule has 0 N–H and O–H groups in total. The number of aromatic nitrogens is 3. The van der Waals surface area contributed by atoms with Crippen molar-refractivity contribution in [2.75, 3.05) is 0 Å². The monoisotopic (exact) mass is 438 g/mol. The molecule has 3 aromatic rings. The molecule has 29 heavy (non-hydrogen) atoms. The molecule has 150 valence electrons. The summed E-state index contributed by atoms with van der Waals surface area (Å²) in [5, 5.41) is 0.112. The van der Waals surface area contributed by atoms with E-state index in [9.17, 15) is 18.0 Å². The zero-order chi connectivity index (χ0) is 21.0. The van der Waals surface area contributed by atoms with Crippen molar-refractivity contribution >= 4 is 28.8 Å². The first-order chi connectivity index (χ1) is 13.6. The fraction of sp³-hybridized carbons (Fsp3) is 0.263. The highest BCUT2D eigenvalue weighted by atomic mass is 35.5. The Labute approximate surface area is 173 Å². The summed E-state index contributed by atoms with van der Waals surface area (Å²) in [5.74, 6) is -0.238. The van der Waals surface area contributed by atoms with Gasteiger partial charge in [0, 0.05) is 23.8 Å². The van der Waals surface area contributed by atoms with Gasteiger partial charge < -0.3 is 4.90 Å². The molecule has 1 amide bonds. The topological polar surface area (TPSA) is 59.0 Å². The van der Waals surface area contributed by atoms with Gasteiger partial charge in [0.25, 0.3) is 5.91 Å². The molecule has 4 rings (SSSR count). The van der Waals surface area contributed by atoms with E-state index >= 15 is 0 Å². The van der Waals surface area contributed by atoms with Gasteiger partial charge in [-0.05, 0) is 55.3 Å². The molecular formula is C19H14ClF3N4OS. The molecule has 3 aromatic heterocycles. The Morgan fingerprint density at radius 1 is 1.17 bits per heavy atom. The maximum absolute atomic E-state index is 13.0. The minimum Gasteiger partial charge on any atom is -0.324 e. The van der Waals surface area contributed by atoms with Gasteiger partial charge in [-0.25, -0.2) is 9.97 Å².